The highest BCUT2D eigenvalue weighted by Crippen LogP contribution is 2.17. The highest BCUT2D eigenvalue weighted by molar-refractivity contribution is 7.01. The summed E-state index contributed by atoms with van der Waals surface area (Å²) in [7, 11) is 5.64. The van der Waals surface area contributed by atoms with Crippen LogP contribution in [0.3, 0.4) is 0 Å². The van der Waals surface area contributed by atoms with Gasteiger partial charge in [-0.25, -0.2) is 0 Å². The van der Waals surface area contributed by atoms with Gasteiger partial charge >= 0.3 is 25.9 Å². The molecular formula is C8H4ClF2MgNO. The molecule has 1 aromatic carbocycles. The molecule has 0 unspecified atom stereocenters. The third-order valence-corrected chi connectivity index (χ3v) is 3.21. The molecule has 0 atom stereocenters. The topological polar surface area (TPSA) is 33.0 Å². The fraction of sp³-hybridized carbons (Fsp3) is 0.125. The van der Waals surface area contributed by atoms with E-state index < -0.39 is 25.9 Å². The molecule has 0 saturated heterocycles. The first kappa shape index (κ1) is 11.5. The van der Waals surface area contributed by atoms with Crippen LogP contribution in [0.15, 0.2) is 18.2 Å². The molecule has 6 heteroatoms. The predicted molar refractivity (Wildman–Crippen MR) is 49.0 cm³/mol. The molecule has 1 rings (SSSR count). The first-order valence-corrected chi connectivity index (χ1v) is 6.55. The van der Waals surface area contributed by atoms with E-state index in [2.05, 4.69) is 4.74 Å². The Morgan fingerprint density at radius 2 is 2.21 bits per heavy atom. The number of halogens is 3. The second-order valence-corrected chi connectivity index (χ2v) is 4.34. The van der Waals surface area contributed by atoms with Gasteiger partial charge in [-0.15, -0.1) is 3.69 Å². The lowest BCUT2D eigenvalue weighted by Crippen LogP contribution is -2.11. The van der Waals surface area contributed by atoms with Crippen molar-refractivity contribution in [2.75, 3.05) is 0 Å². The van der Waals surface area contributed by atoms with Crippen molar-refractivity contribution in [2.24, 2.45) is 0 Å². The summed E-state index contributed by atoms with van der Waals surface area (Å²) in [5.41, 5.74) is 0.0909. The number of alkyl halides is 2. The van der Waals surface area contributed by atoms with Gasteiger partial charge in [0.05, 0.1) is 5.56 Å². The van der Waals surface area contributed by atoms with Crippen LogP contribution in [-0.4, -0.2) is 25.9 Å². The maximum absolute atomic E-state index is 11.9. The molecule has 0 aliphatic rings. The summed E-state index contributed by atoms with van der Waals surface area (Å²) in [6.07, 6.45) is 0. The van der Waals surface area contributed by atoms with Gasteiger partial charge in [0.25, 0.3) is 0 Å². The van der Waals surface area contributed by atoms with Crippen LogP contribution in [-0.2, 0) is 0 Å². The van der Waals surface area contributed by atoms with Gasteiger partial charge in [-0.1, -0.05) is 6.07 Å². The van der Waals surface area contributed by atoms with Crippen LogP contribution < -0.4 is 8.43 Å². The zero-order chi connectivity index (χ0) is 10.6. The molecule has 0 bridgehead atoms. The Kier molecular flexibility index (Phi) is 4.39. The van der Waals surface area contributed by atoms with E-state index in [4.69, 9.17) is 14.3 Å². The van der Waals surface area contributed by atoms with Crippen LogP contribution in [0.5, 0.6) is 5.75 Å². The molecule has 0 fully saturated rings. The van der Waals surface area contributed by atoms with Crippen LogP contribution in [0.4, 0.5) is 8.78 Å². The Balaban J connectivity index is 3.03. The molecule has 0 radical (unpaired) electrons. The lowest BCUT2D eigenvalue weighted by molar-refractivity contribution is -0.0499. The first-order valence-electron chi connectivity index (χ1n) is 3.71. The van der Waals surface area contributed by atoms with Gasteiger partial charge in [0.2, 0.25) is 0 Å². The summed E-state index contributed by atoms with van der Waals surface area (Å²) in [6.45, 7) is -2.92. The van der Waals surface area contributed by atoms with E-state index in [0.717, 1.165) is 3.69 Å². The van der Waals surface area contributed by atoms with Gasteiger partial charge in [-0.2, -0.15) is 14.0 Å². The fourth-order valence-corrected chi connectivity index (χ4v) is 1.90. The summed E-state index contributed by atoms with van der Waals surface area (Å²) in [5.74, 6) is -0.104. The minimum absolute atomic E-state index is 0.0909. The Morgan fingerprint density at radius 3 is 2.71 bits per heavy atom. The highest BCUT2D eigenvalue weighted by atomic mass is 35.5. The van der Waals surface area contributed by atoms with Crippen LogP contribution in [0.25, 0.3) is 0 Å². The Labute approximate surface area is 92.9 Å². The molecule has 1 aromatic rings. The van der Waals surface area contributed by atoms with Crippen LogP contribution in [0.2, 0.25) is 0 Å². The Hall–Kier alpha value is -0.574. The number of benzene rings is 1. The molecular weight excluding hydrogens is 224 g/mol. The van der Waals surface area contributed by atoms with Gasteiger partial charge in [-0.05, 0) is 12.1 Å². The second-order valence-electron chi connectivity index (χ2n) is 2.45. The molecule has 0 N–H and O–H groups in total. The average Bonchev–Trinajstić information content (AvgIpc) is 2.16. The largest absolute Gasteiger partial charge is 0.538 e. The van der Waals surface area contributed by atoms with E-state index >= 15 is 0 Å². The molecule has 0 saturated carbocycles. The van der Waals surface area contributed by atoms with Gasteiger partial charge < -0.3 is 13.8 Å². The van der Waals surface area contributed by atoms with Crippen molar-refractivity contribution in [1.29, 1.82) is 5.26 Å². The monoisotopic (exact) mass is 227 g/mol. The van der Waals surface area contributed by atoms with E-state index in [9.17, 15) is 8.78 Å². The third-order valence-electron chi connectivity index (χ3n) is 1.54. The van der Waals surface area contributed by atoms with E-state index in [1.54, 1.807) is 12.1 Å². The zero-order valence-corrected chi connectivity index (χ0v) is 9.18. The SMILES string of the molecule is N#Cc1cc[c]([Mg][Cl])cc1OC(F)F. The molecule has 14 heavy (non-hydrogen) atoms. The molecule has 0 aliphatic carbocycles. The average molecular weight is 228 g/mol. The Morgan fingerprint density at radius 1 is 1.50 bits per heavy atom. The summed E-state index contributed by atoms with van der Waals surface area (Å²) < 4.78 is 28.8. The summed E-state index contributed by atoms with van der Waals surface area (Å²) in [5, 5.41) is 8.60. The van der Waals surface area contributed by atoms with E-state index in [0.29, 0.717) is 0 Å². The minimum Gasteiger partial charge on any atom is -0.434 e. The summed E-state index contributed by atoms with van der Waals surface area (Å²) in [4.78, 5) is 0. The smallest absolute Gasteiger partial charge is 0.434 e. The maximum Gasteiger partial charge on any atom is 0.538 e. The number of ether oxygens (including phenoxy) is 1. The fourth-order valence-electron chi connectivity index (χ4n) is 0.936. The van der Waals surface area contributed by atoms with Crippen LogP contribution >= 0.6 is 9.07 Å². The summed E-state index contributed by atoms with van der Waals surface area (Å²) in [6, 6.07) is 6.24. The van der Waals surface area contributed by atoms with Gasteiger partial charge in [0, 0.05) is 0 Å². The number of hydrogen-bond donors (Lipinski definition) is 0. The van der Waals surface area contributed by atoms with Gasteiger partial charge in [-0.3, -0.25) is 0 Å². The van der Waals surface area contributed by atoms with Crippen molar-refractivity contribution in [3.05, 3.63) is 23.8 Å². The highest BCUT2D eigenvalue weighted by Gasteiger charge is 2.10. The molecule has 0 heterocycles. The number of hydrogen-bond acceptors (Lipinski definition) is 2. The van der Waals surface area contributed by atoms with Crippen molar-refractivity contribution in [2.45, 2.75) is 6.61 Å². The number of nitrogens with zero attached hydrogens (tertiary/aromatic N) is 1. The third kappa shape index (κ3) is 2.98. The molecule has 0 spiro atoms. The van der Waals surface area contributed by atoms with E-state index in [1.807, 2.05) is 0 Å². The van der Waals surface area contributed by atoms with E-state index in [-0.39, 0.29) is 11.3 Å². The number of rotatable bonds is 3. The zero-order valence-electron chi connectivity index (χ0n) is 7.01. The molecule has 2 nitrogen and oxygen atoms in total. The molecule has 0 amide bonds. The quantitative estimate of drug-likeness (QED) is 0.736. The second kappa shape index (κ2) is 5.34. The van der Waals surface area contributed by atoms with Crippen molar-refractivity contribution in [3.63, 3.8) is 0 Å². The number of nitriles is 1. The minimum atomic E-state index is -2.92. The molecule has 0 aliphatic heterocycles. The normalized spacial score (nSPS) is 9.36. The predicted octanol–water partition coefficient (Wildman–Crippen LogP) is 1.64. The lowest BCUT2D eigenvalue weighted by Gasteiger charge is -2.07. The van der Waals surface area contributed by atoms with Crippen molar-refractivity contribution in [1.82, 2.24) is 0 Å². The van der Waals surface area contributed by atoms with Crippen LogP contribution in [0, 0.1) is 11.3 Å². The molecule has 70 valence electrons. The van der Waals surface area contributed by atoms with Gasteiger partial charge in [0.1, 0.15) is 11.8 Å². The first-order chi connectivity index (χ1) is 6.67. The molecule has 0 aromatic heterocycles. The van der Waals surface area contributed by atoms with Crippen LogP contribution in [0.1, 0.15) is 5.56 Å². The van der Waals surface area contributed by atoms with Gasteiger partial charge in [0.15, 0.2) is 0 Å². The van der Waals surface area contributed by atoms with Crippen molar-refractivity contribution in [3.8, 4) is 11.8 Å². The standard InChI is InChI=1S/C8H4F2NO.ClH.Mg/c9-8(10)12-7-4-2-1-3-6(7)5-11;;/h1,3-4,8H;1H;/q;;+1/p-1. The Bertz CT molecular complexity index is 367. The van der Waals surface area contributed by atoms with Crippen molar-refractivity contribution < 1.29 is 13.5 Å². The summed E-state index contributed by atoms with van der Waals surface area (Å²) >= 11 is -0.950. The lowest BCUT2D eigenvalue weighted by atomic mass is 10.2. The maximum atomic E-state index is 11.9. The van der Waals surface area contributed by atoms with E-state index in [1.165, 1.54) is 12.1 Å². The van der Waals surface area contributed by atoms with Crippen molar-refractivity contribution >= 4 is 32.0 Å².